The van der Waals surface area contributed by atoms with Crippen molar-refractivity contribution in [2.45, 2.75) is 25.2 Å². The summed E-state index contributed by atoms with van der Waals surface area (Å²) < 4.78 is 0. The number of nitrogens with one attached hydrogen (secondary N) is 1. The number of hydrogen-bond donors (Lipinski definition) is 2. The summed E-state index contributed by atoms with van der Waals surface area (Å²) in [4.78, 5) is 34.7. The molecule has 1 fully saturated rings. The summed E-state index contributed by atoms with van der Waals surface area (Å²) in [5.41, 5.74) is 7.33. The van der Waals surface area contributed by atoms with Gasteiger partial charge in [0.25, 0.3) is 5.91 Å². The number of carbonyl (C=O) groups is 2. The topological polar surface area (TPSA) is 91.6 Å². The zero-order chi connectivity index (χ0) is 21.2. The van der Waals surface area contributed by atoms with Crippen molar-refractivity contribution in [2.24, 2.45) is 0 Å². The van der Waals surface area contributed by atoms with Gasteiger partial charge >= 0.3 is 0 Å². The molecule has 2 aromatic heterocycles. The molecule has 1 unspecified atom stereocenters. The molecule has 7 nitrogen and oxygen atoms in total. The van der Waals surface area contributed by atoms with Crippen LogP contribution < -0.4 is 11.1 Å². The Bertz CT molecular complexity index is 952. The number of nitrogens with two attached hydrogens (primary N) is 1. The molecule has 3 heterocycles. The van der Waals surface area contributed by atoms with Crippen LogP contribution in [0.5, 0.6) is 0 Å². The molecule has 156 valence electrons. The molecule has 0 saturated carbocycles. The second-order valence-corrected chi connectivity index (χ2v) is 9.06. The number of piperidine rings is 1. The largest absolute Gasteiger partial charge is 0.397 e. The van der Waals surface area contributed by atoms with Crippen LogP contribution in [0.2, 0.25) is 0 Å². The SMILES string of the molecule is CNC(=O)c1sc2nc(C3(C)CCCN(C(=O)/C=C/CN(C)C)C3)ccc2c1N. The number of likely N-dealkylation sites (tertiary alicyclic amines) is 1. The minimum atomic E-state index is -0.233. The molecule has 2 amide bonds. The van der Waals surface area contributed by atoms with Gasteiger partial charge in [-0.2, -0.15) is 0 Å². The number of fused-ring (bicyclic) bond motifs is 1. The van der Waals surface area contributed by atoms with Gasteiger partial charge in [-0.25, -0.2) is 4.98 Å². The van der Waals surface area contributed by atoms with E-state index in [1.54, 1.807) is 13.1 Å². The van der Waals surface area contributed by atoms with Gasteiger partial charge in [0, 0.05) is 49.3 Å². The van der Waals surface area contributed by atoms with E-state index in [0.29, 0.717) is 17.1 Å². The number of likely N-dealkylation sites (N-methyl/N-ethyl adjacent to an activating group) is 1. The molecule has 0 aromatic carbocycles. The van der Waals surface area contributed by atoms with E-state index >= 15 is 0 Å². The van der Waals surface area contributed by atoms with E-state index in [4.69, 9.17) is 10.7 Å². The first-order valence-corrected chi connectivity index (χ1v) is 10.6. The molecule has 1 aliphatic heterocycles. The van der Waals surface area contributed by atoms with Crippen LogP contribution in [0.3, 0.4) is 0 Å². The van der Waals surface area contributed by atoms with Gasteiger partial charge in [-0.1, -0.05) is 13.0 Å². The van der Waals surface area contributed by atoms with Crippen LogP contribution >= 0.6 is 11.3 Å². The van der Waals surface area contributed by atoms with E-state index in [9.17, 15) is 9.59 Å². The summed E-state index contributed by atoms with van der Waals surface area (Å²) >= 11 is 1.31. The number of rotatable bonds is 5. The Labute approximate surface area is 175 Å². The predicted octanol–water partition coefficient (Wildman–Crippen LogP) is 2.24. The van der Waals surface area contributed by atoms with Crippen LogP contribution in [0.4, 0.5) is 5.69 Å². The predicted molar refractivity (Wildman–Crippen MR) is 118 cm³/mol. The molecule has 3 rings (SSSR count). The molecule has 0 aliphatic carbocycles. The number of nitrogens with zero attached hydrogens (tertiary/aromatic N) is 3. The summed E-state index contributed by atoms with van der Waals surface area (Å²) in [5.74, 6) is -0.154. The van der Waals surface area contributed by atoms with Crippen LogP contribution in [0.15, 0.2) is 24.3 Å². The van der Waals surface area contributed by atoms with E-state index in [1.807, 2.05) is 42.1 Å². The Morgan fingerprint density at radius 3 is 2.86 bits per heavy atom. The number of pyridine rings is 1. The molecule has 1 saturated heterocycles. The van der Waals surface area contributed by atoms with Crippen LogP contribution in [0.1, 0.15) is 35.1 Å². The van der Waals surface area contributed by atoms with Gasteiger partial charge in [0.15, 0.2) is 0 Å². The molecule has 8 heteroatoms. The molecular weight excluding hydrogens is 386 g/mol. The quantitative estimate of drug-likeness (QED) is 0.731. The van der Waals surface area contributed by atoms with Crippen molar-refractivity contribution >= 4 is 39.1 Å². The molecular formula is C21H29N5O2S. The van der Waals surface area contributed by atoms with Crippen molar-refractivity contribution in [1.82, 2.24) is 20.1 Å². The third kappa shape index (κ3) is 4.43. The number of nitrogen functional groups attached to an aromatic ring is 1. The van der Waals surface area contributed by atoms with Crippen LogP contribution in [0, 0.1) is 0 Å². The lowest BCUT2D eigenvalue weighted by atomic mass is 9.78. The van der Waals surface area contributed by atoms with Crippen LogP contribution in [-0.2, 0) is 10.2 Å². The van der Waals surface area contributed by atoms with Crippen molar-refractivity contribution in [3.63, 3.8) is 0 Å². The third-order valence-electron chi connectivity index (χ3n) is 5.38. The van der Waals surface area contributed by atoms with Gasteiger partial charge in [-0.15, -0.1) is 11.3 Å². The van der Waals surface area contributed by atoms with Gasteiger partial charge in [0.2, 0.25) is 5.91 Å². The Balaban J connectivity index is 1.84. The first-order chi connectivity index (χ1) is 13.7. The smallest absolute Gasteiger partial charge is 0.263 e. The fourth-order valence-corrected chi connectivity index (χ4v) is 4.76. The zero-order valence-electron chi connectivity index (χ0n) is 17.5. The third-order valence-corrected chi connectivity index (χ3v) is 6.50. The average Bonchev–Trinajstić information content (AvgIpc) is 3.03. The maximum absolute atomic E-state index is 12.6. The van der Waals surface area contributed by atoms with Gasteiger partial charge in [0.1, 0.15) is 9.71 Å². The van der Waals surface area contributed by atoms with Crippen molar-refractivity contribution in [2.75, 3.05) is 46.5 Å². The van der Waals surface area contributed by atoms with Crippen LogP contribution in [0.25, 0.3) is 10.2 Å². The number of carbonyl (C=O) groups excluding carboxylic acids is 2. The summed E-state index contributed by atoms with van der Waals surface area (Å²) in [6.45, 7) is 4.28. The van der Waals surface area contributed by atoms with Gasteiger partial charge in [0.05, 0.1) is 5.69 Å². The van der Waals surface area contributed by atoms with Crippen molar-refractivity contribution in [3.8, 4) is 0 Å². The van der Waals surface area contributed by atoms with E-state index in [1.165, 1.54) is 11.3 Å². The van der Waals surface area contributed by atoms with Crippen molar-refractivity contribution < 1.29 is 9.59 Å². The molecule has 29 heavy (non-hydrogen) atoms. The fourth-order valence-electron chi connectivity index (χ4n) is 3.72. The Morgan fingerprint density at radius 1 is 1.41 bits per heavy atom. The number of aromatic nitrogens is 1. The molecule has 1 aliphatic rings. The highest BCUT2D eigenvalue weighted by Gasteiger charge is 2.35. The molecule has 2 aromatic rings. The molecule has 0 radical (unpaired) electrons. The first-order valence-electron chi connectivity index (χ1n) is 9.77. The summed E-state index contributed by atoms with van der Waals surface area (Å²) in [7, 11) is 5.54. The lowest BCUT2D eigenvalue weighted by Crippen LogP contribution is -2.47. The second kappa shape index (κ2) is 8.51. The lowest BCUT2D eigenvalue weighted by molar-refractivity contribution is -0.128. The normalized spacial score (nSPS) is 20.0. The van der Waals surface area contributed by atoms with E-state index in [-0.39, 0.29) is 17.2 Å². The highest BCUT2D eigenvalue weighted by Crippen LogP contribution is 2.37. The second-order valence-electron chi connectivity index (χ2n) is 8.06. The Hall–Kier alpha value is -2.45. The van der Waals surface area contributed by atoms with Crippen molar-refractivity contribution in [3.05, 3.63) is 34.9 Å². The maximum Gasteiger partial charge on any atom is 0.263 e. The van der Waals surface area contributed by atoms with Gasteiger partial charge in [-0.05, 0) is 39.1 Å². The standard InChI is InChI=1S/C21H29N5O2S/c1-21(10-6-12-26(13-21)16(27)7-5-11-25(3)4)15-9-8-14-17(22)18(19(28)23-2)29-20(14)24-15/h5,7-9H,6,10-13,22H2,1-4H3,(H,23,28)/b7-5+. The molecule has 0 spiro atoms. The number of hydrogen-bond acceptors (Lipinski definition) is 6. The minimum absolute atomic E-state index is 0.0427. The summed E-state index contributed by atoms with van der Waals surface area (Å²) in [5, 5.41) is 3.42. The van der Waals surface area contributed by atoms with Gasteiger partial charge in [-0.3, -0.25) is 9.59 Å². The zero-order valence-corrected chi connectivity index (χ0v) is 18.3. The summed E-state index contributed by atoms with van der Waals surface area (Å²) in [6.07, 6.45) is 5.45. The average molecular weight is 416 g/mol. The first kappa shape index (κ1) is 21.3. The number of anilines is 1. The molecule has 0 bridgehead atoms. The Kier molecular flexibility index (Phi) is 6.24. The molecule has 1 atom stereocenters. The van der Waals surface area contributed by atoms with E-state index < -0.39 is 0 Å². The maximum atomic E-state index is 12.6. The lowest BCUT2D eigenvalue weighted by Gasteiger charge is -2.39. The number of amides is 2. The highest BCUT2D eigenvalue weighted by molar-refractivity contribution is 7.21. The van der Waals surface area contributed by atoms with E-state index in [2.05, 4.69) is 12.2 Å². The molecule has 3 N–H and O–H groups in total. The number of thiophene rings is 1. The summed E-state index contributed by atoms with van der Waals surface area (Å²) in [6, 6.07) is 3.92. The Morgan fingerprint density at radius 2 is 2.17 bits per heavy atom. The van der Waals surface area contributed by atoms with Crippen molar-refractivity contribution in [1.29, 1.82) is 0 Å². The monoisotopic (exact) mass is 415 g/mol. The van der Waals surface area contributed by atoms with Crippen LogP contribution in [-0.4, -0.2) is 67.4 Å². The van der Waals surface area contributed by atoms with E-state index in [0.717, 1.165) is 41.8 Å². The highest BCUT2D eigenvalue weighted by atomic mass is 32.1. The van der Waals surface area contributed by atoms with Gasteiger partial charge < -0.3 is 20.9 Å². The fraction of sp³-hybridized carbons (Fsp3) is 0.476. The minimum Gasteiger partial charge on any atom is -0.397 e.